The van der Waals surface area contributed by atoms with Crippen molar-refractivity contribution in [2.75, 3.05) is 37.6 Å². The number of aromatic nitrogens is 4. The predicted octanol–water partition coefficient (Wildman–Crippen LogP) is 1.93. The summed E-state index contributed by atoms with van der Waals surface area (Å²) in [4.78, 5) is 20.9. The average Bonchev–Trinajstić information content (AvgIpc) is 3.47. The van der Waals surface area contributed by atoms with Gasteiger partial charge in [0.25, 0.3) is 0 Å². The van der Waals surface area contributed by atoms with E-state index in [1.54, 1.807) is 24.2 Å². The van der Waals surface area contributed by atoms with Gasteiger partial charge in [-0.1, -0.05) is 12.2 Å². The van der Waals surface area contributed by atoms with Crippen LogP contribution in [0.1, 0.15) is 6.42 Å². The first-order valence-corrected chi connectivity index (χ1v) is 11.0. The number of amides is 1. The number of primary amides is 1. The Kier molecular flexibility index (Phi) is 6.83. The Balaban J connectivity index is 1.38. The van der Waals surface area contributed by atoms with Crippen LogP contribution in [0.5, 0.6) is 0 Å². The van der Waals surface area contributed by atoms with Crippen LogP contribution in [-0.2, 0) is 20.8 Å². The molecule has 0 aromatic carbocycles. The number of fused-ring (bicyclic) bond motifs is 2. The summed E-state index contributed by atoms with van der Waals surface area (Å²) in [5.41, 5.74) is 6.43. The molecular formula is C20H26BrN7O3. The van der Waals surface area contributed by atoms with Crippen molar-refractivity contribution in [1.29, 1.82) is 0 Å². The van der Waals surface area contributed by atoms with E-state index in [1.807, 2.05) is 6.20 Å². The van der Waals surface area contributed by atoms with Gasteiger partial charge in [-0.05, 0) is 34.2 Å². The number of halogens is 1. The van der Waals surface area contributed by atoms with Crippen LogP contribution in [0.25, 0.3) is 0 Å². The van der Waals surface area contributed by atoms with E-state index in [9.17, 15) is 4.79 Å². The lowest BCUT2D eigenvalue weighted by molar-refractivity contribution is -0.122. The van der Waals surface area contributed by atoms with Crippen LogP contribution in [0.4, 0.5) is 17.5 Å². The van der Waals surface area contributed by atoms with E-state index in [-0.39, 0.29) is 29.7 Å². The first kappa shape index (κ1) is 21.7. The van der Waals surface area contributed by atoms with Crippen molar-refractivity contribution in [3.05, 3.63) is 35.2 Å². The van der Waals surface area contributed by atoms with Gasteiger partial charge in [0.2, 0.25) is 11.9 Å². The minimum absolute atomic E-state index is 0.0765. The van der Waals surface area contributed by atoms with Crippen LogP contribution in [0, 0.1) is 17.8 Å². The van der Waals surface area contributed by atoms with Gasteiger partial charge in [0.1, 0.15) is 5.82 Å². The third-order valence-electron chi connectivity index (χ3n) is 5.62. The summed E-state index contributed by atoms with van der Waals surface area (Å²) in [5.74, 6) is 0.992. The number of nitrogens with zero attached hydrogens (tertiary/aromatic N) is 4. The van der Waals surface area contributed by atoms with Crippen LogP contribution in [0.15, 0.2) is 35.2 Å². The molecule has 0 saturated heterocycles. The summed E-state index contributed by atoms with van der Waals surface area (Å²) in [6, 6.07) is -0.0765. The Hall–Kier alpha value is -2.50. The molecule has 0 unspecified atom stereocenters. The largest absolute Gasteiger partial charge is 0.382 e. The van der Waals surface area contributed by atoms with Crippen molar-refractivity contribution in [3.63, 3.8) is 0 Å². The highest BCUT2D eigenvalue weighted by molar-refractivity contribution is 9.10. The second kappa shape index (κ2) is 9.75. The molecule has 2 aromatic rings. The molecule has 0 spiro atoms. The van der Waals surface area contributed by atoms with E-state index in [1.165, 1.54) is 0 Å². The van der Waals surface area contributed by atoms with E-state index >= 15 is 0 Å². The number of rotatable bonds is 11. The second-order valence-corrected chi connectivity index (χ2v) is 8.51. The first-order valence-electron chi connectivity index (χ1n) is 10.2. The quantitative estimate of drug-likeness (QED) is 0.321. The molecule has 2 aromatic heterocycles. The van der Waals surface area contributed by atoms with Gasteiger partial charge in [0, 0.05) is 25.5 Å². The summed E-state index contributed by atoms with van der Waals surface area (Å²) in [6.45, 7) is 2.31. The van der Waals surface area contributed by atoms with E-state index in [4.69, 9.17) is 15.2 Å². The molecule has 1 fully saturated rings. The topological polar surface area (TPSA) is 129 Å². The number of nitrogens with two attached hydrogens (primary N) is 1. The smallest absolute Gasteiger partial charge is 0.229 e. The van der Waals surface area contributed by atoms with Gasteiger partial charge in [-0.15, -0.1) is 0 Å². The van der Waals surface area contributed by atoms with Crippen LogP contribution in [-0.4, -0.2) is 58.6 Å². The minimum atomic E-state index is -0.281. The normalized spacial score (nSPS) is 23.9. The zero-order valence-corrected chi connectivity index (χ0v) is 18.8. The monoisotopic (exact) mass is 491 g/mol. The molecule has 2 aliphatic rings. The maximum absolute atomic E-state index is 12.0. The van der Waals surface area contributed by atoms with Crippen molar-refractivity contribution in [2.24, 2.45) is 23.5 Å². The Labute approximate surface area is 188 Å². The Morgan fingerprint density at radius 3 is 2.94 bits per heavy atom. The molecule has 31 heavy (non-hydrogen) atoms. The van der Waals surface area contributed by atoms with Crippen molar-refractivity contribution >= 4 is 39.3 Å². The summed E-state index contributed by atoms with van der Waals surface area (Å²) in [5, 5.41) is 10.9. The maximum Gasteiger partial charge on any atom is 0.229 e. The lowest BCUT2D eigenvalue weighted by Crippen LogP contribution is -2.41. The number of anilines is 3. The van der Waals surface area contributed by atoms with Crippen molar-refractivity contribution in [2.45, 2.75) is 19.0 Å². The van der Waals surface area contributed by atoms with Crippen LogP contribution in [0.3, 0.4) is 0 Å². The standard InChI is InChI=1S/C20H26BrN7O3/c1-30-6-7-31-5-4-28-11-14(9-24-28)25-20-23-10-15(21)19(27-20)26-17-13-3-2-12(8-13)16(17)18(22)29/h2-3,9-13,16-17H,4-8H2,1H3,(H2,22,29)(H2,23,25,26,27)/t12-,13+,16+,17-/m1/s1. The Bertz CT molecular complexity index is 951. The Morgan fingerprint density at radius 1 is 1.29 bits per heavy atom. The summed E-state index contributed by atoms with van der Waals surface area (Å²) < 4.78 is 12.9. The molecule has 0 radical (unpaired) electrons. The summed E-state index contributed by atoms with van der Waals surface area (Å²) in [7, 11) is 1.64. The number of carbonyl (C=O) groups is 1. The number of ether oxygens (including phenoxy) is 2. The zero-order valence-electron chi connectivity index (χ0n) is 17.2. The Morgan fingerprint density at radius 2 is 2.13 bits per heavy atom. The van der Waals surface area contributed by atoms with E-state index < -0.39 is 0 Å². The highest BCUT2D eigenvalue weighted by Gasteiger charge is 2.47. The van der Waals surface area contributed by atoms with Gasteiger partial charge in [-0.3, -0.25) is 9.48 Å². The molecule has 4 rings (SSSR count). The molecule has 0 aliphatic heterocycles. The SMILES string of the molecule is COCCOCCn1cc(Nc2ncc(Br)c(N[C@H]3[C@@H](C(N)=O)[C@@H]4C=C[C@H]3C4)n2)cn1. The zero-order chi connectivity index (χ0) is 21.8. The van der Waals surface area contributed by atoms with Crippen molar-refractivity contribution in [1.82, 2.24) is 19.7 Å². The van der Waals surface area contributed by atoms with E-state index in [0.29, 0.717) is 38.1 Å². The van der Waals surface area contributed by atoms with Crippen LogP contribution < -0.4 is 16.4 Å². The molecule has 166 valence electrons. The third kappa shape index (κ3) is 5.05. The van der Waals surface area contributed by atoms with Gasteiger partial charge in [-0.2, -0.15) is 10.1 Å². The minimum Gasteiger partial charge on any atom is -0.382 e. The highest BCUT2D eigenvalue weighted by Crippen LogP contribution is 2.45. The number of nitrogens with one attached hydrogen (secondary N) is 2. The number of methoxy groups -OCH3 is 1. The van der Waals surface area contributed by atoms with Gasteiger partial charge in [0.05, 0.1) is 48.6 Å². The average molecular weight is 492 g/mol. The molecule has 1 amide bonds. The molecule has 4 N–H and O–H groups in total. The number of carbonyl (C=O) groups excluding carboxylic acids is 1. The van der Waals surface area contributed by atoms with Crippen molar-refractivity contribution in [3.8, 4) is 0 Å². The maximum atomic E-state index is 12.0. The molecule has 11 heteroatoms. The van der Waals surface area contributed by atoms with E-state index in [2.05, 4.69) is 53.8 Å². The second-order valence-electron chi connectivity index (χ2n) is 7.66. The van der Waals surface area contributed by atoms with Gasteiger partial charge in [0.15, 0.2) is 0 Å². The lowest BCUT2D eigenvalue weighted by Gasteiger charge is -2.27. The third-order valence-corrected chi connectivity index (χ3v) is 6.20. The van der Waals surface area contributed by atoms with Crippen molar-refractivity contribution < 1.29 is 14.3 Å². The lowest BCUT2D eigenvalue weighted by atomic mass is 9.88. The highest BCUT2D eigenvalue weighted by atomic mass is 79.9. The first-order chi connectivity index (χ1) is 15.0. The molecule has 2 bridgehead atoms. The van der Waals surface area contributed by atoms with Gasteiger partial charge in [-0.25, -0.2) is 4.98 Å². The number of allylic oxidation sites excluding steroid dienone is 1. The van der Waals surface area contributed by atoms with Crippen LogP contribution in [0.2, 0.25) is 0 Å². The molecule has 2 aliphatic carbocycles. The molecule has 4 atom stereocenters. The fourth-order valence-corrected chi connectivity index (χ4v) is 4.48. The molecule has 2 heterocycles. The predicted molar refractivity (Wildman–Crippen MR) is 119 cm³/mol. The summed E-state index contributed by atoms with van der Waals surface area (Å²) in [6.07, 6.45) is 10.4. The van der Waals surface area contributed by atoms with Crippen LogP contribution >= 0.6 is 15.9 Å². The number of hydrogen-bond donors (Lipinski definition) is 3. The number of hydrogen-bond acceptors (Lipinski definition) is 8. The molecular weight excluding hydrogens is 466 g/mol. The molecule has 10 nitrogen and oxygen atoms in total. The molecule has 1 saturated carbocycles. The fourth-order valence-electron chi connectivity index (χ4n) is 4.18. The van der Waals surface area contributed by atoms with E-state index in [0.717, 1.165) is 16.6 Å². The van der Waals surface area contributed by atoms with Gasteiger partial charge < -0.3 is 25.8 Å². The fraction of sp³-hybridized carbons (Fsp3) is 0.500. The summed E-state index contributed by atoms with van der Waals surface area (Å²) >= 11 is 3.49. The van der Waals surface area contributed by atoms with Gasteiger partial charge >= 0.3 is 0 Å².